The van der Waals surface area contributed by atoms with Crippen LogP contribution in [0.1, 0.15) is 5.56 Å². The third-order valence-electron chi connectivity index (χ3n) is 3.44. The molecule has 114 valence electrons. The molecule has 1 aromatic carbocycles. The number of hydrogen-bond donors (Lipinski definition) is 1. The fourth-order valence-corrected chi connectivity index (χ4v) is 2.83. The Kier molecular flexibility index (Phi) is 2.88. The molecule has 0 radical (unpaired) electrons. The molecule has 0 saturated heterocycles. The summed E-state index contributed by atoms with van der Waals surface area (Å²) in [7, 11) is -5.66. The number of ether oxygens (including phenoxy) is 1. The van der Waals surface area contributed by atoms with E-state index in [9.17, 15) is 21.6 Å². The Hall–Kier alpha value is -1.90. The Balaban J connectivity index is 1.91. The molecule has 0 aliphatic carbocycles. The lowest BCUT2D eigenvalue weighted by molar-refractivity contribution is -0.0500. The first kappa shape index (κ1) is 14.1. The molecule has 21 heavy (non-hydrogen) atoms. The summed E-state index contributed by atoms with van der Waals surface area (Å²) in [5.41, 5.74) is -4.47. The van der Waals surface area contributed by atoms with Gasteiger partial charge in [0.05, 0.1) is 11.7 Å². The highest BCUT2D eigenvalue weighted by Crippen LogP contribution is 2.42. The minimum absolute atomic E-state index is 0.364. The van der Waals surface area contributed by atoms with Gasteiger partial charge in [0.1, 0.15) is 12.4 Å². The first-order valence-electron chi connectivity index (χ1n) is 5.92. The Bertz CT molecular complexity index is 714. The third-order valence-corrected chi connectivity index (χ3v) is 4.41. The second-order valence-electron chi connectivity index (χ2n) is 4.81. The number of fused-ring (bicyclic) bond motifs is 2. The second-order valence-corrected chi connectivity index (χ2v) is 6.35. The average Bonchev–Trinajstić information content (AvgIpc) is 2.97. The van der Waals surface area contributed by atoms with Gasteiger partial charge in [-0.25, -0.2) is 0 Å². The van der Waals surface area contributed by atoms with Crippen molar-refractivity contribution >= 4 is 15.8 Å². The smallest absolute Gasteiger partial charge is 0.500 e. The number of alkyl halides is 3. The lowest BCUT2D eigenvalue weighted by Gasteiger charge is -2.18. The van der Waals surface area contributed by atoms with E-state index in [0.29, 0.717) is 18.8 Å². The molecule has 1 atom stereocenters. The number of hydrogen-bond acceptors (Lipinski definition) is 5. The third kappa shape index (κ3) is 2.21. The summed E-state index contributed by atoms with van der Waals surface area (Å²) in [6.07, 6.45) is 3.42. The van der Waals surface area contributed by atoms with Crippen LogP contribution in [0.15, 0.2) is 30.5 Å². The second kappa shape index (κ2) is 4.30. The van der Waals surface area contributed by atoms with Crippen molar-refractivity contribution in [2.24, 2.45) is 0 Å². The van der Waals surface area contributed by atoms with Gasteiger partial charge in [-0.3, -0.25) is 0 Å². The summed E-state index contributed by atoms with van der Waals surface area (Å²) in [6.45, 7) is 0.947. The van der Waals surface area contributed by atoms with E-state index in [1.54, 1.807) is 6.26 Å². The van der Waals surface area contributed by atoms with Gasteiger partial charge >= 0.3 is 15.6 Å². The molecule has 1 N–H and O–H groups in total. The van der Waals surface area contributed by atoms with Crippen molar-refractivity contribution in [3.8, 4) is 5.75 Å². The zero-order valence-corrected chi connectivity index (χ0v) is 11.3. The standard InChI is InChI=1S/C12H10F3NO4S/c13-12(14,15)21(17,18)20-8-1-2-9-10(5-8)16-6-11(9)3-4-19-7-11/h1-5,16H,6-7H2. The van der Waals surface area contributed by atoms with Crippen molar-refractivity contribution in [2.45, 2.75) is 10.9 Å². The van der Waals surface area contributed by atoms with E-state index in [1.165, 1.54) is 18.2 Å². The first-order valence-corrected chi connectivity index (χ1v) is 7.33. The predicted octanol–water partition coefficient (Wildman–Crippen LogP) is 2.12. The maximum absolute atomic E-state index is 12.3. The molecule has 3 rings (SSSR count). The summed E-state index contributed by atoms with van der Waals surface area (Å²) in [5, 5.41) is 3.01. The fourth-order valence-electron chi connectivity index (χ4n) is 2.38. The van der Waals surface area contributed by atoms with Gasteiger partial charge in [0.15, 0.2) is 0 Å². The lowest BCUT2D eigenvalue weighted by Crippen LogP contribution is -2.28. The number of nitrogens with one attached hydrogen (secondary N) is 1. The Morgan fingerprint density at radius 1 is 1.33 bits per heavy atom. The normalized spacial score (nSPS) is 23.8. The van der Waals surface area contributed by atoms with Gasteiger partial charge in [-0.2, -0.15) is 21.6 Å². The molecule has 1 unspecified atom stereocenters. The van der Waals surface area contributed by atoms with Gasteiger partial charge in [0.25, 0.3) is 0 Å². The first-order chi connectivity index (χ1) is 9.74. The van der Waals surface area contributed by atoms with Crippen LogP contribution in [0.4, 0.5) is 18.9 Å². The molecule has 5 nitrogen and oxygen atoms in total. The van der Waals surface area contributed by atoms with Crippen LogP contribution in [0.3, 0.4) is 0 Å². The topological polar surface area (TPSA) is 64.6 Å². The zero-order chi connectivity index (χ0) is 15.3. The molecule has 0 aromatic heterocycles. The number of benzene rings is 1. The summed E-state index contributed by atoms with van der Waals surface area (Å²) >= 11 is 0. The highest BCUT2D eigenvalue weighted by Gasteiger charge is 2.49. The van der Waals surface area contributed by atoms with Crippen LogP contribution in [-0.2, 0) is 20.3 Å². The molecule has 9 heteroatoms. The Labute approximate surface area is 118 Å². The molecule has 2 aliphatic rings. The van der Waals surface area contributed by atoms with Crippen LogP contribution in [0, 0.1) is 0 Å². The SMILES string of the molecule is O=S(=O)(Oc1ccc2c(c1)NCC21C=COC1)C(F)(F)F. The monoisotopic (exact) mass is 321 g/mol. The van der Waals surface area contributed by atoms with Gasteiger partial charge in [0, 0.05) is 18.3 Å². The van der Waals surface area contributed by atoms with Gasteiger partial charge < -0.3 is 14.2 Å². The summed E-state index contributed by atoms with van der Waals surface area (Å²) in [4.78, 5) is 0. The molecule has 0 bridgehead atoms. The van der Waals surface area contributed by atoms with E-state index in [2.05, 4.69) is 9.50 Å². The van der Waals surface area contributed by atoms with Crippen LogP contribution in [0.5, 0.6) is 5.75 Å². The van der Waals surface area contributed by atoms with Crippen molar-refractivity contribution < 1.29 is 30.5 Å². The summed E-state index contributed by atoms with van der Waals surface area (Å²) in [6, 6.07) is 3.97. The summed E-state index contributed by atoms with van der Waals surface area (Å²) < 4.78 is 68.1. The molecular formula is C12H10F3NO4S. The minimum atomic E-state index is -5.66. The molecule has 0 saturated carbocycles. The zero-order valence-electron chi connectivity index (χ0n) is 10.5. The Morgan fingerprint density at radius 3 is 2.71 bits per heavy atom. The van der Waals surface area contributed by atoms with Crippen molar-refractivity contribution in [1.82, 2.24) is 0 Å². The van der Waals surface area contributed by atoms with Crippen LogP contribution in [-0.4, -0.2) is 27.1 Å². The van der Waals surface area contributed by atoms with Gasteiger partial charge in [-0.05, 0) is 17.7 Å². The molecule has 0 amide bonds. The van der Waals surface area contributed by atoms with Crippen LogP contribution >= 0.6 is 0 Å². The van der Waals surface area contributed by atoms with Crippen molar-refractivity contribution in [1.29, 1.82) is 0 Å². The molecule has 2 heterocycles. The molecule has 1 aromatic rings. The number of rotatable bonds is 2. The van der Waals surface area contributed by atoms with E-state index in [1.807, 2.05) is 6.08 Å². The van der Waals surface area contributed by atoms with Gasteiger partial charge in [-0.15, -0.1) is 0 Å². The van der Waals surface area contributed by atoms with Crippen LogP contribution in [0.25, 0.3) is 0 Å². The average molecular weight is 321 g/mol. The van der Waals surface area contributed by atoms with Crippen LogP contribution < -0.4 is 9.50 Å². The minimum Gasteiger partial charge on any atom is -0.500 e. The van der Waals surface area contributed by atoms with Crippen molar-refractivity contribution in [2.75, 3.05) is 18.5 Å². The quantitative estimate of drug-likeness (QED) is 0.668. The molecule has 0 fully saturated rings. The highest BCUT2D eigenvalue weighted by atomic mass is 32.2. The molecule has 2 aliphatic heterocycles. The fraction of sp³-hybridized carbons (Fsp3) is 0.333. The number of anilines is 1. The van der Waals surface area contributed by atoms with E-state index in [4.69, 9.17) is 4.74 Å². The van der Waals surface area contributed by atoms with E-state index in [-0.39, 0.29) is 5.41 Å². The molecular weight excluding hydrogens is 311 g/mol. The van der Waals surface area contributed by atoms with Gasteiger partial charge in [-0.1, -0.05) is 6.07 Å². The van der Waals surface area contributed by atoms with Crippen molar-refractivity contribution in [3.05, 3.63) is 36.1 Å². The maximum atomic E-state index is 12.3. The highest BCUT2D eigenvalue weighted by molar-refractivity contribution is 7.88. The maximum Gasteiger partial charge on any atom is 0.534 e. The molecule has 1 spiro atoms. The predicted molar refractivity (Wildman–Crippen MR) is 67.3 cm³/mol. The number of halogens is 3. The van der Waals surface area contributed by atoms with E-state index < -0.39 is 21.4 Å². The van der Waals surface area contributed by atoms with E-state index in [0.717, 1.165) is 5.56 Å². The van der Waals surface area contributed by atoms with E-state index >= 15 is 0 Å². The Morgan fingerprint density at radius 2 is 2.10 bits per heavy atom. The summed E-state index contributed by atoms with van der Waals surface area (Å²) in [5.74, 6) is -0.390. The largest absolute Gasteiger partial charge is 0.534 e. The van der Waals surface area contributed by atoms with Crippen molar-refractivity contribution in [3.63, 3.8) is 0 Å². The van der Waals surface area contributed by atoms with Gasteiger partial charge in [0.2, 0.25) is 0 Å². The van der Waals surface area contributed by atoms with Crippen LogP contribution in [0.2, 0.25) is 0 Å². The lowest BCUT2D eigenvalue weighted by atomic mass is 9.84.